The highest BCUT2D eigenvalue weighted by Crippen LogP contribution is 2.44. The Morgan fingerprint density at radius 2 is 1.89 bits per heavy atom. The number of fused-ring (bicyclic) bond motifs is 1. The normalized spacial score (nSPS) is 19.7. The number of aliphatic imine (C=N–C) groups is 1. The Labute approximate surface area is 175 Å². The molecule has 0 spiro atoms. The molecular weight excluding hydrogens is 364 g/mol. The van der Waals surface area contributed by atoms with E-state index in [1.54, 1.807) is 0 Å². The molecule has 0 aliphatic carbocycles. The van der Waals surface area contributed by atoms with Crippen molar-refractivity contribution >= 4 is 29.2 Å². The number of benzene rings is 2. The molecule has 0 bridgehead atoms. The van der Waals surface area contributed by atoms with Crippen molar-refractivity contribution in [2.24, 2.45) is 4.99 Å². The van der Waals surface area contributed by atoms with Gasteiger partial charge in [0.05, 0.1) is 10.7 Å². The summed E-state index contributed by atoms with van der Waals surface area (Å²) in [7, 11) is 0. The number of hydrogen-bond donors (Lipinski definition) is 0. The molecule has 0 amide bonds. The molecule has 2 aromatic rings. The molecule has 0 fully saturated rings. The van der Waals surface area contributed by atoms with Crippen LogP contribution in [-0.2, 0) is 0 Å². The zero-order chi connectivity index (χ0) is 20.5. The maximum atomic E-state index is 6.66. The van der Waals surface area contributed by atoms with Gasteiger partial charge in [-0.25, -0.2) is 0 Å². The van der Waals surface area contributed by atoms with E-state index in [2.05, 4.69) is 87.8 Å². The van der Waals surface area contributed by atoms with E-state index in [9.17, 15) is 0 Å². The van der Waals surface area contributed by atoms with Gasteiger partial charge in [0.2, 0.25) is 0 Å². The highest BCUT2D eigenvalue weighted by Gasteiger charge is 2.35. The van der Waals surface area contributed by atoms with Crippen molar-refractivity contribution in [1.82, 2.24) is 0 Å². The van der Waals surface area contributed by atoms with Crippen LogP contribution in [0.3, 0.4) is 0 Å². The molecule has 150 valence electrons. The number of nitrogens with zero attached hydrogens (tertiary/aromatic N) is 2. The maximum Gasteiger partial charge on any atom is 0.0630 e. The van der Waals surface area contributed by atoms with E-state index in [0.29, 0.717) is 11.8 Å². The van der Waals surface area contributed by atoms with Crippen molar-refractivity contribution in [1.29, 1.82) is 0 Å². The molecule has 2 aromatic carbocycles. The third-order valence-corrected chi connectivity index (χ3v) is 6.57. The molecule has 2 nitrogen and oxygen atoms in total. The van der Waals surface area contributed by atoms with Gasteiger partial charge in [-0.2, -0.15) is 0 Å². The predicted octanol–water partition coefficient (Wildman–Crippen LogP) is 7.72. The maximum absolute atomic E-state index is 6.66. The van der Waals surface area contributed by atoms with Crippen LogP contribution < -0.4 is 4.90 Å². The van der Waals surface area contributed by atoms with Gasteiger partial charge in [0.1, 0.15) is 0 Å². The molecule has 2 unspecified atom stereocenters. The van der Waals surface area contributed by atoms with Crippen LogP contribution in [0.25, 0.3) is 0 Å². The van der Waals surface area contributed by atoms with E-state index in [-0.39, 0.29) is 5.54 Å². The lowest BCUT2D eigenvalue weighted by Crippen LogP contribution is -2.48. The Kier molecular flexibility index (Phi) is 6.19. The fraction of sp³-hybridized carbons (Fsp3) is 0.480. The van der Waals surface area contributed by atoms with Crippen LogP contribution in [0.4, 0.5) is 11.4 Å². The number of hydrogen-bond acceptors (Lipinski definition) is 2. The number of anilines is 1. The molecule has 1 heterocycles. The summed E-state index contributed by atoms with van der Waals surface area (Å²) in [4.78, 5) is 7.16. The third kappa shape index (κ3) is 4.12. The van der Waals surface area contributed by atoms with Crippen molar-refractivity contribution in [3.8, 4) is 0 Å². The molecule has 0 aromatic heterocycles. The van der Waals surface area contributed by atoms with Crippen LogP contribution in [0.15, 0.2) is 41.4 Å². The topological polar surface area (TPSA) is 15.6 Å². The van der Waals surface area contributed by atoms with E-state index in [1.807, 2.05) is 6.21 Å². The Bertz CT molecular complexity index is 852. The molecular formula is C25H33ClN2. The SMILES string of the molecule is CCC(C)c1ccc(N=Cc2cc3c(cc2Cl)N(CC)C(C)(C)CC3C)cc1. The summed E-state index contributed by atoms with van der Waals surface area (Å²) in [5.74, 6) is 1.09. The van der Waals surface area contributed by atoms with Gasteiger partial charge in [0.25, 0.3) is 0 Å². The van der Waals surface area contributed by atoms with Gasteiger partial charge in [-0.15, -0.1) is 0 Å². The molecule has 2 atom stereocenters. The van der Waals surface area contributed by atoms with E-state index in [0.717, 1.165) is 35.7 Å². The van der Waals surface area contributed by atoms with E-state index >= 15 is 0 Å². The lowest BCUT2D eigenvalue weighted by Gasteiger charge is -2.47. The molecule has 3 rings (SSSR count). The van der Waals surface area contributed by atoms with E-state index in [1.165, 1.54) is 16.8 Å². The second-order valence-corrected chi connectivity index (χ2v) is 9.16. The zero-order valence-corrected chi connectivity index (χ0v) is 18.8. The summed E-state index contributed by atoms with van der Waals surface area (Å²) < 4.78 is 0. The molecule has 0 saturated carbocycles. The van der Waals surface area contributed by atoms with E-state index < -0.39 is 0 Å². The van der Waals surface area contributed by atoms with E-state index in [4.69, 9.17) is 11.6 Å². The van der Waals surface area contributed by atoms with Crippen LogP contribution in [0.1, 0.15) is 82.9 Å². The second-order valence-electron chi connectivity index (χ2n) is 8.75. The molecule has 3 heteroatoms. The quantitative estimate of drug-likeness (QED) is 0.472. The Morgan fingerprint density at radius 3 is 2.50 bits per heavy atom. The third-order valence-electron chi connectivity index (χ3n) is 6.25. The van der Waals surface area contributed by atoms with Crippen molar-refractivity contribution in [2.75, 3.05) is 11.4 Å². The number of rotatable bonds is 5. The van der Waals surface area contributed by atoms with Gasteiger partial charge in [0, 0.05) is 29.5 Å². The first-order chi connectivity index (χ1) is 13.3. The molecule has 0 N–H and O–H groups in total. The molecule has 1 aliphatic heterocycles. The largest absolute Gasteiger partial charge is 0.366 e. The Balaban J connectivity index is 1.90. The smallest absolute Gasteiger partial charge is 0.0630 e. The summed E-state index contributed by atoms with van der Waals surface area (Å²) >= 11 is 6.66. The van der Waals surface area contributed by atoms with Crippen molar-refractivity contribution in [3.63, 3.8) is 0 Å². The van der Waals surface area contributed by atoms with Crippen molar-refractivity contribution < 1.29 is 0 Å². The monoisotopic (exact) mass is 396 g/mol. The van der Waals surface area contributed by atoms with Gasteiger partial charge in [-0.1, -0.05) is 44.5 Å². The van der Waals surface area contributed by atoms with Crippen molar-refractivity contribution in [3.05, 3.63) is 58.1 Å². The van der Waals surface area contributed by atoms with Crippen molar-refractivity contribution in [2.45, 2.75) is 71.8 Å². The van der Waals surface area contributed by atoms with Crippen LogP contribution in [0, 0.1) is 0 Å². The lowest BCUT2D eigenvalue weighted by atomic mass is 9.79. The van der Waals surface area contributed by atoms with Gasteiger partial charge >= 0.3 is 0 Å². The zero-order valence-electron chi connectivity index (χ0n) is 18.1. The first-order valence-corrected chi connectivity index (χ1v) is 10.9. The van der Waals surface area contributed by atoms with Gasteiger partial charge < -0.3 is 4.90 Å². The Hall–Kier alpha value is -1.80. The second kappa shape index (κ2) is 8.29. The molecule has 28 heavy (non-hydrogen) atoms. The first kappa shape index (κ1) is 20.9. The summed E-state index contributed by atoms with van der Waals surface area (Å²) in [5, 5.41) is 0.766. The van der Waals surface area contributed by atoms with Gasteiger partial charge in [0.15, 0.2) is 0 Å². The molecule has 0 radical (unpaired) electrons. The molecule has 0 saturated heterocycles. The minimum Gasteiger partial charge on any atom is -0.366 e. The first-order valence-electron chi connectivity index (χ1n) is 10.5. The Morgan fingerprint density at radius 1 is 1.21 bits per heavy atom. The highest BCUT2D eigenvalue weighted by atomic mass is 35.5. The fourth-order valence-corrected chi connectivity index (χ4v) is 4.69. The minimum absolute atomic E-state index is 0.150. The highest BCUT2D eigenvalue weighted by molar-refractivity contribution is 6.33. The van der Waals surface area contributed by atoms with Crippen LogP contribution in [0.2, 0.25) is 5.02 Å². The van der Waals surface area contributed by atoms with Gasteiger partial charge in [-0.3, -0.25) is 4.99 Å². The summed E-state index contributed by atoms with van der Waals surface area (Å²) in [6.07, 6.45) is 4.20. The van der Waals surface area contributed by atoms with Gasteiger partial charge in [-0.05, 0) is 80.8 Å². The summed E-state index contributed by atoms with van der Waals surface area (Å²) in [6, 6.07) is 12.9. The average Bonchev–Trinajstić information content (AvgIpc) is 2.66. The standard InChI is InChI=1S/C25H33ClN2/c1-7-17(3)19-9-11-21(12-10-19)27-16-20-13-22-18(4)15-25(5,6)28(8-2)24(22)14-23(20)26/h9-14,16-18H,7-8,15H2,1-6H3. The predicted molar refractivity (Wildman–Crippen MR) is 124 cm³/mol. The van der Waals surface area contributed by atoms with Crippen LogP contribution in [-0.4, -0.2) is 18.3 Å². The summed E-state index contributed by atoms with van der Waals surface area (Å²) in [6.45, 7) is 14.6. The number of halogens is 1. The lowest BCUT2D eigenvalue weighted by molar-refractivity contribution is 0.381. The van der Waals surface area contributed by atoms with Crippen LogP contribution >= 0.6 is 11.6 Å². The average molecular weight is 397 g/mol. The fourth-order valence-electron chi connectivity index (χ4n) is 4.49. The van der Waals surface area contributed by atoms with Crippen LogP contribution in [0.5, 0.6) is 0 Å². The minimum atomic E-state index is 0.150. The summed E-state index contributed by atoms with van der Waals surface area (Å²) in [5.41, 5.74) is 6.12. The molecule has 1 aliphatic rings.